The molecule has 5 heteroatoms. The van der Waals surface area contributed by atoms with E-state index in [0.717, 1.165) is 25.9 Å². The van der Waals surface area contributed by atoms with Crippen molar-refractivity contribution in [2.75, 3.05) is 25.0 Å². The highest BCUT2D eigenvalue weighted by Gasteiger charge is 2.19. The second kappa shape index (κ2) is 5.52. The molecule has 3 N–H and O–H groups in total. The highest BCUT2D eigenvalue weighted by Crippen LogP contribution is 2.18. The van der Waals surface area contributed by atoms with Gasteiger partial charge in [0, 0.05) is 32.4 Å². The van der Waals surface area contributed by atoms with Gasteiger partial charge in [0.1, 0.15) is 0 Å². The van der Waals surface area contributed by atoms with Crippen LogP contribution in [0.3, 0.4) is 0 Å². The molecule has 0 radical (unpaired) electrons. The van der Waals surface area contributed by atoms with Crippen LogP contribution in [0.5, 0.6) is 0 Å². The van der Waals surface area contributed by atoms with Crippen LogP contribution in [-0.4, -0.2) is 37.1 Å². The van der Waals surface area contributed by atoms with Gasteiger partial charge in [0.2, 0.25) is 0 Å². The van der Waals surface area contributed by atoms with Crippen LogP contribution in [0.15, 0.2) is 29.5 Å². The molecule has 1 aromatic rings. The van der Waals surface area contributed by atoms with E-state index in [1.54, 1.807) is 13.2 Å². The van der Waals surface area contributed by atoms with Crippen molar-refractivity contribution in [3.63, 3.8) is 0 Å². The maximum absolute atomic E-state index is 5.66. The minimum atomic E-state index is 0.437. The Morgan fingerprint density at radius 1 is 1.53 bits per heavy atom. The summed E-state index contributed by atoms with van der Waals surface area (Å²) in [5.41, 5.74) is 6.86. The van der Waals surface area contributed by atoms with Crippen molar-refractivity contribution in [1.29, 1.82) is 0 Å². The summed E-state index contributed by atoms with van der Waals surface area (Å²) in [7, 11) is 1.70. The molecular weight excluding hydrogens is 214 g/mol. The number of rotatable bonds is 2. The van der Waals surface area contributed by atoms with Gasteiger partial charge in [-0.05, 0) is 25.0 Å². The van der Waals surface area contributed by atoms with Gasteiger partial charge in [-0.2, -0.15) is 0 Å². The first kappa shape index (κ1) is 11.7. The lowest BCUT2D eigenvalue weighted by Crippen LogP contribution is -2.47. The van der Waals surface area contributed by atoms with Crippen LogP contribution in [0.4, 0.5) is 5.69 Å². The van der Waals surface area contributed by atoms with Crippen LogP contribution in [-0.2, 0) is 0 Å². The van der Waals surface area contributed by atoms with E-state index in [4.69, 9.17) is 5.73 Å². The number of nitrogens with two attached hydrogens (primary N) is 1. The molecule has 1 aliphatic rings. The number of pyridine rings is 1. The number of aliphatic imine (C=N–C) groups is 1. The molecule has 2 heterocycles. The molecule has 0 unspecified atom stereocenters. The van der Waals surface area contributed by atoms with Gasteiger partial charge >= 0.3 is 0 Å². The number of hydrogen-bond acceptors (Lipinski definition) is 3. The summed E-state index contributed by atoms with van der Waals surface area (Å²) in [6.07, 6.45) is 5.86. The molecule has 5 nitrogen and oxygen atoms in total. The van der Waals surface area contributed by atoms with Crippen molar-refractivity contribution in [1.82, 2.24) is 10.3 Å². The van der Waals surface area contributed by atoms with E-state index in [9.17, 15) is 0 Å². The zero-order valence-electron chi connectivity index (χ0n) is 10.1. The van der Waals surface area contributed by atoms with Crippen molar-refractivity contribution in [3.05, 3.63) is 24.5 Å². The van der Waals surface area contributed by atoms with Crippen molar-refractivity contribution in [2.24, 2.45) is 10.7 Å². The van der Waals surface area contributed by atoms with E-state index in [0.29, 0.717) is 12.0 Å². The summed E-state index contributed by atoms with van der Waals surface area (Å²) in [6.45, 7) is 2.06. The van der Waals surface area contributed by atoms with Crippen LogP contribution in [0.2, 0.25) is 0 Å². The molecule has 0 atom stereocenters. The zero-order valence-corrected chi connectivity index (χ0v) is 10.1. The third-order valence-electron chi connectivity index (χ3n) is 3.10. The lowest BCUT2D eigenvalue weighted by molar-refractivity contribution is 0.465. The Hall–Kier alpha value is -1.78. The molecule has 1 fully saturated rings. The standard InChI is InChI=1S/C12H19N5/c1-14-12(13)16-10-4-7-17(8-5-10)11-3-2-6-15-9-11/h2-3,6,9-10H,4-5,7-8H2,1H3,(H3,13,14,16). The molecule has 17 heavy (non-hydrogen) atoms. The molecule has 92 valence electrons. The third kappa shape index (κ3) is 3.09. The molecule has 0 aromatic carbocycles. The van der Waals surface area contributed by atoms with E-state index in [2.05, 4.69) is 26.3 Å². The van der Waals surface area contributed by atoms with E-state index in [-0.39, 0.29) is 0 Å². The minimum absolute atomic E-state index is 0.437. The Bertz CT molecular complexity index is 368. The monoisotopic (exact) mass is 233 g/mol. The van der Waals surface area contributed by atoms with E-state index in [1.807, 2.05) is 12.3 Å². The van der Waals surface area contributed by atoms with Gasteiger partial charge in [0.05, 0.1) is 11.9 Å². The third-order valence-corrected chi connectivity index (χ3v) is 3.10. The highest BCUT2D eigenvalue weighted by atomic mass is 15.2. The Kier molecular flexibility index (Phi) is 3.80. The van der Waals surface area contributed by atoms with Gasteiger partial charge in [-0.25, -0.2) is 0 Å². The first-order valence-electron chi connectivity index (χ1n) is 5.93. The first-order valence-corrected chi connectivity index (χ1v) is 5.93. The largest absolute Gasteiger partial charge is 0.370 e. The quantitative estimate of drug-likeness (QED) is 0.579. The van der Waals surface area contributed by atoms with Crippen LogP contribution < -0.4 is 16.0 Å². The number of aromatic nitrogens is 1. The second-order valence-corrected chi connectivity index (χ2v) is 4.23. The minimum Gasteiger partial charge on any atom is -0.370 e. The second-order valence-electron chi connectivity index (χ2n) is 4.23. The van der Waals surface area contributed by atoms with Crippen molar-refractivity contribution >= 4 is 11.6 Å². The van der Waals surface area contributed by atoms with Gasteiger partial charge in [-0.15, -0.1) is 0 Å². The molecule has 1 saturated heterocycles. The maximum atomic E-state index is 5.66. The summed E-state index contributed by atoms with van der Waals surface area (Å²) >= 11 is 0. The van der Waals surface area contributed by atoms with E-state index < -0.39 is 0 Å². The lowest BCUT2D eigenvalue weighted by Gasteiger charge is -2.33. The number of nitrogens with one attached hydrogen (secondary N) is 1. The van der Waals surface area contributed by atoms with Gasteiger partial charge in [0.15, 0.2) is 5.96 Å². The normalized spacial score (nSPS) is 18.2. The summed E-state index contributed by atoms with van der Waals surface area (Å²) in [6, 6.07) is 4.51. The molecule has 0 bridgehead atoms. The molecule has 2 rings (SSSR count). The molecule has 0 amide bonds. The van der Waals surface area contributed by atoms with Crippen molar-refractivity contribution < 1.29 is 0 Å². The Labute approximate surface area is 102 Å². The summed E-state index contributed by atoms with van der Waals surface area (Å²) in [5.74, 6) is 0.532. The molecule has 1 aromatic heterocycles. The van der Waals surface area contributed by atoms with Gasteiger partial charge in [-0.1, -0.05) is 0 Å². The fraction of sp³-hybridized carbons (Fsp3) is 0.500. The van der Waals surface area contributed by atoms with E-state index in [1.165, 1.54) is 5.69 Å². The fourth-order valence-corrected chi connectivity index (χ4v) is 2.10. The Morgan fingerprint density at radius 2 is 2.29 bits per heavy atom. The topological polar surface area (TPSA) is 66.5 Å². The number of piperidine rings is 1. The van der Waals surface area contributed by atoms with Crippen LogP contribution in [0.25, 0.3) is 0 Å². The molecular formula is C12H19N5. The predicted octanol–water partition coefficient (Wildman–Crippen LogP) is 0.584. The number of guanidine groups is 1. The van der Waals surface area contributed by atoms with Gasteiger partial charge in [0.25, 0.3) is 0 Å². The molecule has 0 aliphatic carbocycles. The van der Waals surface area contributed by atoms with Crippen molar-refractivity contribution in [2.45, 2.75) is 18.9 Å². The summed E-state index contributed by atoms with van der Waals surface area (Å²) < 4.78 is 0. The zero-order chi connectivity index (χ0) is 12.1. The van der Waals surface area contributed by atoms with Crippen LogP contribution in [0, 0.1) is 0 Å². The number of nitrogens with zero attached hydrogens (tertiary/aromatic N) is 3. The highest BCUT2D eigenvalue weighted by molar-refractivity contribution is 5.77. The van der Waals surface area contributed by atoms with Crippen LogP contribution in [0.1, 0.15) is 12.8 Å². The lowest BCUT2D eigenvalue weighted by atomic mass is 10.0. The predicted molar refractivity (Wildman–Crippen MR) is 70.2 cm³/mol. The maximum Gasteiger partial charge on any atom is 0.188 e. The Balaban J connectivity index is 1.86. The average Bonchev–Trinajstić information content (AvgIpc) is 2.40. The molecule has 0 saturated carbocycles. The average molecular weight is 233 g/mol. The van der Waals surface area contributed by atoms with Crippen molar-refractivity contribution in [3.8, 4) is 0 Å². The Morgan fingerprint density at radius 3 is 2.88 bits per heavy atom. The fourth-order valence-electron chi connectivity index (χ4n) is 2.10. The smallest absolute Gasteiger partial charge is 0.188 e. The van der Waals surface area contributed by atoms with E-state index >= 15 is 0 Å². The SMILES string of the molecule is CN=C(N)NC1CCN(c2cccnc2)CC1. The summed E-state index contributed by atoms with van der Waals surface area (Å²) in [5, 5.41) is 3.23. The van der Waals surface area contributed by atoms with Gasteiger partial charge in [-0.3, -0.25) is 9.98 Å². The van der Waals surface area contributed by atoms with Crippen LogP contribution >= 0.6 is 0 Å². The molecule has 1 aliphatic heterocycles. The number of hydrogen-bond donors (Lipinski definition) is 2. The summed E-state index contributed by atoms with van der Waals surface area (Å²) in [4.78, 5) is 10.4. The number of anilines is 1. The first-order chi connectivity index (χ1) is 8.29. The van der Waals surface area contributed by atoms with Gasteiger partial charge < -0.3 is 16.0 Å². The molecule has 0 spiro atoms.